The Labute approximate surface area is 191 Å². The summed E-state index contributed by atoms with van der Waals surface area (Å²) in [6, 6.07) is 12.6. The number of ether oxygens (including phenoxy) is 1. The Hall–Kier alpha value is -3.75. The van der Waals surface area contributed by atoms with Crippen molar-refractivity contribution in [3.05, 3.63) is 72.3 Å². The number of hydrogen-bond acceptors (Lipinski definition) is 7. The summed E-state index contributed by atoms with van der Waals surface area (Å²) in [5.41, 5.74) is 7.42. The monoisotopic (exact) mass is 440 g/mol. The van der Waals surface area contributed by atoms with Crippen LogP contribution in [0, 0.1) is 0 Å². The third kappa shape index (κ3) is 3.83. The summed E-state index contributed by atoms with van der Waals surface area (Å²) in [4.78, 5) is 15.7. The highest BCUT2D eigenvalue weighted by Crippen LogP contribution is 2.30. The van der Waals surface area contributed by atoms with E-state index in [-0.39, 0.29) is 12.7 Å². The van der Waals surface area contributed by atoms with Crippen LogP contribution in [0.25, 0.3) is 16.8 Å². The standard InChI is InChI=1S/C25H24N6O2/c32-16-22-15-30(7-8-33-22)21-3-4-24(28-13-21)29-23-10-20(14-31-6-5-27-25(23)31)17-1-2-18-11-26-12-19(18)9-17/h1-6,9-11,13-14,22,32H,7-8,12,15-16H2,(H,28,29)/t22-/m1/s1. The molecule has 0 spiro atoms. The van der Waals surface area contributed by atoms with Crippen molar-refractivity contribution >= 4 is 29.1 Å². The van der Waals surface area contributed by atoms with Gasteiger partial charge in [0, 0.05) is 43.5 Å². The van der Waals surface area contributed by atoms with Gasteiger partial charge in [0.15, 0.2) is 5.65 Å². The van der Waals surface area contributed by atoms with Gasteiger partial charge in [-0.2, -0.15) is 0 Å². The van der Waals surface area contributed by atoms with Crippen LogP contribution in [0.2, 0.25) is 0 Å². The maximum absolute atomic E-state index is 9.39. The molecule has 1 fully saturated rings. The van der Waals surface area contributed by atoms with Crippen molar-refractivity contribution in [3.63, 3.8) is 0 Å². The zero-order valence-electron chi connectivity index (χ0n) is 18.1. The van der Waals surface area contributed by atoms with E-state index in [0.717, 1.165) is 47.1 Å². The van der Waals surface area contributed by atoms with Crippen LogP contribution in [0.4, 0.5) is 17.2 Å². The minimum Gasteiger partial charge on any atom is -0.394 e. The van der Waals surface area contributed by atoms with Crippen molar-refractivity contribution < 1.29 is 9.84 Å². The number of hydrogen-bond donors (Lipinski definition) is 2. The number of morpholine rings is 1. The predicted octanol–water partition coefficient (Wildman–Crippen LogP) is 3.27. The minimum absolute atomic E-state index is 0.0253. The first-order chi connectivity index (χ1) is 16.3. The van der Waals surface area contributed by atoms with Gasteiger partial charge in [0.25, 0.3) is 0 Å². The number of rotatable bonds is 5. The van der Waals surface area contributed by atoms with E-state index in [4.69, 9.17) is 4.74 Å². The number of nitrogens with zero attached hydrogens (tertiary/aromatic N) is 5. The SMILES string of the molecule is OC[C@H]1CN(c2ccc(Nc3cc(-c4ccc5c(c4)CN=C5)cn4ccnc34)nc2)CCO1. The molecule has 0 bridgehead atoms. The number of anilines is 3. The molecule has 0 aliphatic carbocycles. The second-order valence-electron chi connectivity index (χ2n) is 8.33. The first kappa shape index (κ1) is 19.9. The van der Waals surface area contributed by atoms with E-state index in [2.05, 4.69) is 55.6 Å². The molecule has 1 aromatic carbocycles. The molecule has 2 aliphatic heterocycles. The highest BCUT2D eigenvalue weighted by Gasteiger charge is 2.20. The number of pyridine rings is 2. The topological polar surface area (TPSA) is 87.3 Å². The van der Waals surface area contributed by atoms with Crippen molar-refractivity contribution in [3.8, 4) is 11.1 Å². The summed E-state index contributed by atoms with van der Waals surface area (Å²) in [6.07, 6.45) is 9.48. The second-order valence-corrected chi connectivity index (χ2v) is 8.33. The van der Waals surface area contributed by atoms with Gasteiger partial charge in [-0.15, -0.1) is 0 Å². The van der Waals surface area contributed by atoms with E-state index in [9.17, 15) is 5.11 Å². The number of imidazole rings is 1. The number of aliphatic imine (C=N–C) groups is 1. The summed E-state index contributed by atoms with van der Waals surface area (Å²) in [6.45, 7) is 2.81. The maximum atomic E-state index is 9.39. The Kier molecular flexibility index (Phi) is 5.01. The molecular weight excluding hydrogens is 416 g/mol. The average molecular weight is 441 g/mol. The van der Waals surface area contributed by atoms with E-state index >= 15 is 0 Å². The molecular formula is C25H24N6O2. The average Bonchev–Trinajstić information content (AvgIpc) is 3.53. The fraction of sp³-hybridized carbons (Fsp3) is 0.240. The van der Waals surface area contributed by atoms with Crippen molar-refractivity contribution in [2.45, 2.75) is 12.6 Å². The molecule has 0 radical (unpaired) electrons. The summed E-state index contributed by atoms with van der Waals surface area (Å²) in [5, 5.41) is 12.8. The number of aliphatic hydroxyl groups excluding tert-OH is 1. The van der Waals surface area contributed by atoms with E-state index in [1.165, 1.54) is 11.1 Å². The third-order valence-electron chi connectivity index (χ3n) is 6.17. The molecule has 2 N–H and O–H groups in total. The Bertz CT molecular complexity index is 1330. The van der Waals surface area contributed by atoms with Crippen molar-refractivity contribution in [1.82, 2.24) is 14.4 Å². The van der Waals surface area contributed by atoms with Crippen LogP contribution in [0.1, 0.15) is 11.1 Å². The zero-order valence-corrected chi connectivity index (χ0v) is 18.1. The van der Waals surface area contributed by atoms with Gasteiger partial charge in [0.05, 0.1) is 43.4 Å². The van der Waals surface area contributed by atoms with Crippen LogP contribution >= 0.6 is 0 Å². The number of fused-ring (bicyclic) bond motifs is 2. The predicted molar refractivity (Wildman–Crippen MR) is 128 cm³/mol. The fourth-order valence-electron chi connectivity index (χ4n) is 4.42. The molecule has 8 heteroatoms. The van der Waals surface area contributed by atoms with Gasteiger partial charge in [-0.05, 0) is 41.0 Å². The lowest BCUT2D eigenvalue weighted by atomic mass is 10.0. The Balaban J connectivity index is 1.28. The number of benzene rings is 1. The molecule has 0 unspecified atom stereocenters. The molecule has 1 saturated heterocycles. The van der Waals surface area contributed by atoms with E-state index in [1.54, 1.807) is 6.20 Å². The van der Waals surface area contributed by atoms with E-state index in [1.807, 2.05) is 35.1 Å². The van der Waals surface area contributed by atoms with Crippen molar-refractivity contribution in [2.24, 2.45) is 4.99 Å². The lowest BCUT2D eigenvalue weighted by molar-refractivity contribution is 0.00355. The molecule has 8 nitrogen and oxygen atoms in total. The fourth-order valence-corrected chi connectivity index (χ4v) is 4.42. The molecule has 0 amide bonds. The normalized spacial score (nSPS) is 17.5. The van der Waals surface area contributed by atoms with Gasteiger partial charge >= 0.3 is 0 Å². The smallest absolute Gasteiger partial charge is 0.160 e. The first-order valence-electron chi connectivity index (χ1n) is 11.1. The Morgan fingerprint density at radius 2 is 2.09 bits per heavy atom. The quantitative estimate of drug-likeness (QED) is 0.495. The van der Waals surface area contributed by atoms with Crippen LogP contribution in [0.15, 0.2) is 66.2 Å². The van der Waals surface area contributed by atoms with Crippen molar-refractivity contribution in [1.29, 1.82) is 0 Å². The summed E-state index contributed by atoms with van der Waals surface area (Å²) >= 11 is 0. The van der Waals surface area contributed by atoms with Crippen molar-refractivity contribution in [2.75, 3.05) is 36.5 Å². The van der Waals surface area contributed by atoms with Crippen LogP contribution in [-0.4, -0.2) is 58.1 Å². The summed E-state index contributed by atoms with van der Waals surface area (Å²) < 4.78 is 7.57. The van der Waals surface area contributed by atoms with Crippen LogP contribution < -0.4 is 10.2 Å². The molecule has 1 atom stereocenters. The van der Waals surface area contributed by atoms with Gasteiger partial charge < -0.3 is 24.5 Å². The number of aliphatic hydroxyl groups is 1. The maximum Gasteiger partial charge on any atom is 0.160 e. The zero-order chi connectivity index (χ0) is 22.2. The number of aromatic nitrogens is 3. The van der Waals surface area contributed by atoms with E-state index in [0.29, 0.717) is 13.2 Å². The van der Waals surface area contributed by atoms with Gasteiger partial charge in [-0.25, -0.2) is 9.97 Å². The molecule has 6 rings (SSSR count). The lowest BCUT2D eigenvalue weighted by Gasteiger charge is -2.33. The van der Waals surface area contributed by atoms with Gasteiger partial charge in [-0.3, -0.25) is 4.99 Å². The molecule has 0 saturated carbocycles. The lowest BCUT2D eigenvalue weighted by Crippen LogP contribution is -2.44. The van der Waals surface area contributed by atoms with Crippen LogP contribution in [0.5, 0.6) is 0 Å². The molecule has 166 valence electrons. The second kappa shape index (κ2) is 8.31. The van der Waals surface area contributed by atoms with Gasteiger partial charge in [0.2, 0.25) is 0 Å². The van der Waals surface area contributed by atoms with Crippen LogP contribution in [0.3, 0.4) is 0 Å². The third-order valence-corrected chi connectivity index (χ3v) is 6.17. The largest absolute Gasteiger partial charge is 0.394 e. The molecule has 3 aromatic heterocycles. The van der Waals surface area contributed by atoms with Gasteiger partial charge in [0.1, 0.15) is 5.82 Å². The summed E-state index contributed by atoms with van der Waals surface area (Å²) in [7, 11) is 0. The number of nitrogens with one attached hydrogen (secondary N) is 1. The highest BCUT2D eigenvalue weighted by molar-refractivity contribution is 5.86. The minimum atomic E-state index is -0.154. The van der Waals surface area contributed by atoms with Crippen LogP contribution in [-0.2, 0) is 11.3 Å². The highest BCUT2D eigenvalue weighted by atomic mass is 16.5. The Morgan fingerprint density at radius 1 is 1.12 bits per heavy atom. The molecule has 5 heterocycles. The van der Waals surface area contributed by atoms with Gasteiger partial charge in [-0.1, -0.05) is 12.1 Å². The summed E-state index contributed by atoms with van der Waals surface area (Å²) in [5.74, 6) is 0.745. The Morgan fingerprint density at radius 3 is 2.97 bits per heavy atom. The first-order valence-corrected chi connectivity index (χ1v) is 11.1. The molecule has 4 aromatic rings. The molecule has 2 aliphatic rings. The molecule has 33 heavy (non-hydrogen) atoms. The van der Waals surface area contributed by atoms with E-state index < -0.39 is 0 Å².